The molecular formula is C19H24N4O4S2. The van der Waals surface area contributed by atoms with E-state index in [1.807, 2.05) is 22.4 Å². The first-order chi connectivity index (χ1) is 13.8. The molecule has 2 aromatic heterocycles. The number of nitrogens with one attached hydrogen (secondary N) is 1. The molecule has 1 saturated heterocycles. The van der Waals surface area contributed by atoms with Crippen molar-refractivity contribution in [3.8, 4) is 0 Å². The largest absolute Gasteiger partial charge is 0.342 e. The number of carbonyl (C=O) groups is 1. The van der Waals surface area contributed by atoms with Gasteiger partial charge in [-0.25, -0.2) is 13.4 Å². The van der Waals surface area contributed by atoms with Crippen molar-refractivity contribution in [2.75, 3.05) is 25.9 Å². The summed E-state index contributed by atoms with van der Waals surface area (Å²) in [6.07, 6.45) is 3.70. The topological polar surface area (TPSA) is 103 Å². The molecule has 0 aliphatic carbocycles. The summed E-state index contributed by atoms with van der Waals surface area (Å²) >= 11 is 1.58. The van der Waals surface area contributed by atoms with Gasteiger partial charge in [-0.2, -0.15) is 4.31 Å². The fraction of sp³-hybridized carbons (Fsp3) is 0.526. The maximum Gasteiger partial charge on any atom is 0.255 e. The highest BCUT2D eigenvalue weighted by atomic mass is 32.2. The summed E-state index contributed by atoms with van der Waals surface area (Å²) in [5.41, 5.74) is 0.818. The molecule has 0 spiro atoms. The molecule has 4 rings (SSSR count). The molecular weight excluding hydrogens is 412 g/mol. The van der Waals surface area contributed by atoms with Crippen LogP contribution in [0.25, 0.3) is 0 Å². The third-order valence-corrected chi connectivity index (χ3v) is 7.71. The lowest BCUT2D eigenvalue weighted by atomic mass is 9.96. The van der Waals surface area contributed by atoms with E-state index >= 15 is 0 Å². The van der Waals surface area contributed by atoms with Crippen LogP contribution in [-0.2, 0) is 34.2 Å². The Hall–Kier alpha value is -2.04. The molecule has 0 saturated carbocycles. The number of hydrogen-bond acceptors (Lipinski definition) is 6. The third-order valence-electron chi connectivity index (χ3n) is 5.59. The van der Waals surface area contributed by atoms with E-state index in [-0.39, 0.29) is 23.9 Å². The van der Waals surface area contributed by atoms with Crippen LogP contribution in [0.4, 0.5) is 0 Å². The maximum atomic E-state index is 12.6. The van der Waals surface area contributed by atoms with Crippen molar-refractivity contribution in [1.82, 2.24) is 19.2 Å². The number of sulfonamides is 1. The average molecular weight is 437 g/mol. The Kier molecular flexibility index (Phi) is 5.58. The third kappa shape index (κ3) is 4.44. The molecule has 4 heterocycles. The Bertz CT molecular complexity index is 1060. The minimum Gasteiger partial charge on any atom is -0.342 e. The van der Waals surface area contributed by atoms with Crippen LogP contribution < -0.4 is 5.56 Å². The Labute approximate surface area is 173 Å². The normalized spacial score (nSPS) is 20.4. The Morgan fingerprint density at radius 3 is 2.93 bits per heavy atom. The van der Waals surface area contributed by atoms with E-state index in [0.29, 0.717) is 43.0 Å². The Balaban J connectivity index is 1.51. The summed E-state index contributed by atoms with van der Waals surface area (Å²) in [7, 11) is -3.34. The van der Waals surface area contributed by atoms with Crippen LogP contribution >= 0.6 is 11.3 Å². The number of likely N-dealkylation sites (tertiary alicyclic amines) is 1. The number of thiophene rings is 1. The zero-order chi connectivity index (χ0) is 20.6. The monoisotopic (exact) mass is 436 g/mol. The van der Waals surface area contributed by atoms with E-state index in [2.05, 4.69) is 9.97 Å². The van der Waals surface area contributed by atoms with Crippen molar-refractivity contribution in [2.24, 2.45) is 0 Å². The summed E-state index contributed by atoms with van der Waals surface area (Å²) in [5, 5.41) is 1.97. The second-order valence-electron chi connectivity index (χ2n) is 7.66. The second kappa shape index (κ2) is 8.00. The lowest BCUT2D eigenvalue weighted by molar-refractivity contribution is -0.131. The molecule has 29 heavy (non-hydrogen) atoms. The van der Waals surface area contributed by atoms with Crippen LogP contribution in [0.2, 0.25) is 0 Å². The quantitative estimate of drug-likeness (QED) is 0.773. The summed E-state index contributed by atoms with van der Waals surface area (Å²) in [6.45, 7) is 1.66. The average Bonchev–Trinajstić information content (AvgIpc) is 3.20. The molecule has 1 amide bonds. The first-order valence-electron chi connectivity index (χ1n) is 9.68. The van der Waals surface area contributed by atoms with E-state index in [0.717, 1.165) is 30.5 Å². The predicted molar refractivity (Wildman–Crippen MR) is 110 cm³/mol. The number of carbonyl (C=O) groups excluding carboxylic acids is 1. The van der Waals surface area contributed by atoms with E-state index in [1.54, 1.807) is 11.3 Å². The van der Waals surface area contributed by atoms with Crippen LogP contribution in [-0.4, -0.2) is 59.4 Å². The number of amides is 1. The van der Waals surface area contributed by atoms with Gasteiger partial charge in [-0.05, 0) is 24.3 Å². The molecule has 2 aliphatic heterocycles. The molecule has 0 unspecified atom stereocenters. The first kappa shape index (κ1) is 20.2. The fourth-order valence-electron chi connectivity index (χ4n) is 4.00. The number of rotatable bonds is 4. The number of fused-ring (bicyclic) bond motifs is 1. The standard InChI is InChI=1S/C19H24N4O4S2/c1-29(26,27)23-8-6-16-15(12-23)19(25)21-18(20-16)13-4-2-7-22(11-13)17(24)10-14-5-3-9-28-14/h3,5,9,13H,2,4,6-8,10-12H2,1H3,(H,20,21,25)/t13-/m0/s1. The van der Waals surface area contributed by atoms with Crippen molar-refractivity contribution >= 4 is 27.3 Å². The van der Waals surface area contributed by atoms with Crippen molar-refractivity contribution in [1.29, 1.82) is 0 Å². The van der Waals surface area contributed by atoms with Crippen LogP contribution in [0.1, 0.15) is 40.7 Å². The van der Waals surface area contributed by atoms with Crippen molar-refractivity contribution in [3.63, 3.8) is 0 Å². The van der Waals surface area contributed by atoms with Gasteiger partial charge in [0.25, 0.3) is 5.56 Å². The number of hydrogen-bond donors (Lipinski definition) is 1. The lowest BCUT2D eigenvalue weighted by Crippen LogP contribution is -2.42. The highest BCUT2D eigenvalue weighted by Crippen LogP contribution is 2.26. The highest BCUT2D eigenvalue weighted by molar-refractivity contribution is 7.88. The summed E-state index contributed by atoms with van der Waals surface area (Å²) < 4.78 is 24.9. The minimum absolute atomic E-state index is 0.0121. The van der Waals surface area contributed by atoms with E-state index in [1.165, 1.54) is 4.31 Å². The van der Waals surface area contributed by atoms with Gasteiger partial charge in [0.05, 0.1) is 23.9 Å². The van der Waals surface area contributed by atoms with Crippen molar-refractivity contribution in [3.05, 3.63) is 49.8 Å². The molecule has 10 heteroatoms. The van der Waals surface area contributed by atoms with Gasteiger partial charge in [0.2, 0.25) is 15.9 Å². The smallest absolute Gasteiger partial charge is 0.255 e. The van der Waals surface area contributed by atoms with Gasteiger partial charge in [0, 0.05) is 43.4 Å². The molecule has 8 nitrogen and oxygen atoms in total. The molecule has 0 bridgehead atoms. The van der Waals surface area contributed by atoms with Crippen molar-refractivity contribution in [2.45, 2.75) is 38.1 Å². The van der Waals surface area contributed by atoms with Gasteiger partial charge in [0.1, 0.15) is 5.82 Å². The number of aromatic nitrogens is 2. The summed E-state index contributed by atoms with van der Waals surface area (Å²) in [5.74, 6) is 0.693. The molecule has 2 aromatic rings. The van der Waals surface area contributed by atoms with Gasteiger partial charge in [-0.15, -0.1) is 11.3 Å². The van der Waals surface area contributed by atoms with Gasteiger partial charge in [-0.3, -0.25) is 9.59 Å². The van der Waals surface area contributed by atoms with Crippen LogP contribution in [0, 0.1) is 0 Å². The summed E-state index contributed by atoms with van der Waals surface area (Å²) in [6, 6.07) is 3.91. The van der Waals surface area contributed by atoms with E-state index in [4.69, 9.17) is 0 Å². The molecule has 156 valence electrons. The van der Waals surface area contributed by atoms with Crippen LogP contribution in [0.15, 0.2) is 22.3 Å². The van der Waals surface area contributed by atoms with Crippen molar-refractivity contribution < 1.29 is 13.2 Å². The van der Waals surface area contributed by atoms with E-state index in [9.17, 15) is 18.0 Å². The van der Waals surface area contributed by atoms with Gasteiger partial charge in [-0.1, -0.05) is 6.07 Å². The molecule has 0 aromatic carbocycles. The summed E-state index contributed by atoms with van der Waals surface area (Å²) in [4.78, 5) is 35.7. The van der Waals surface area contributed by atoms with Gasteiger partial charge >= 0.3 is 0 Å². The highest BCUT2D eigenvalue weighted by Gasteiger charge is 2.30. The molecule has 2 aliphatic rings. The number of piperidine rings is 1. The molecule has 1 atom stereocenters. The number of aromatic amines is 1. The molecule has 0 radical (unpaired) electrons. The SMILES string of the molecule is CS(=O)(=O)N1CCc2nc([C@H]3CCCN(C(=O)Cc4cccs4)C3)[nH]c(=O)c2C1. The zero-order valence-electron chi connectivity index (χ0n) is 16.3. The predicted octanol–water partition coefficient (Wildman–Crippen LogP) is 1.10. The first-order valence-corrected chi connectivity index (χ1v) is 12.4. The maximum absolute atomic E-state index is 12.6. The zero-order valence-corrected chi connectivity index (χ0v) is 17.9. The minimum atomic E-state index is -3.34. The molecule has 1 N–H and O–H groups in total. The van der Waals surface area contributed by atoms with Gasteiger partial charge < -0.3 is 9.88 Å². The Morgan fingerprint density at radius 2 is 2.21 bits per heavy atom. The number of nitrogens with zero attached hydrogens (tertiary/aromatic N) is 3. The number of H-pyrrole nitrogens is 1. The van der Waals surface area contributed by atoms with Crippen LogP contribution in [0.3, 0.4) is 0 Å². The molecule has 1 fully saturated rings. The lowest BCUT2D eigenvalue weighted by Gasteiger charge is -2.33. The second-order valence-corrected chi connectivity index (χ2v) is 10.7. The van der Waals surface area contributed by atoms with E-state index < -0.39 is 10.0 Å². The fourth-order valence-corrected chi connectivity index (χ4v) is 5.48. The Morgan fingerprint density at radius 1 is 1.38 bits per heavy atom. The van der Waals surface area contributed by atoms with Crippen LogP contribution in [0.5, 0.6) is 0 Å². The van der Waals surface area contributed by atoms with Gasteiger partial charge in [0.15, 0.2) is 0 Å².